The van der Waals surface area contributed by atoms with Gasteiger partial charge in [0.15, 0.2) is 10.9 Å². The number of carbonyl (C=O) groups excluding carboxylic acids is 1. The summed E-state index contributed by atoms with van der Waals surface area (Å²) in [4.78, 5) is 31.8. The first-order valence-corrected chi connectivity index (χ1v) is 10.1. The van der Waals surface area contributed by atoms with Crippen molar-refractivity contribution in [3.63, 3.8) is 0 Å². The number of nitrogens with zero attached hydrogens (tertiary/aromatic N) is 2. The number of carbonyl (C=O) groups is 1. The Kier molecular flexibility index (Phi) is 5.48. The second kappa shape index (κ2) is 7.63. The topological polar surface area (TPSA) is 61.2 Å². The molecule has 7 heteroatoms. The summed E-state index contributed by atoms with van der Waals surface area (Å²) in [5.74, 6) is 0.936. The molecule has 0 aliphatic heterocycles. The van der Waals surface area contributed by atoms with E-state index in [9.17, 15) is 9.59 Å². The molecule has 3 rings (SSSR count). The molecule has 0 spiro atoms. The van der Waals surface area contributed by atoms with E-state index < -0.39 is 0 Å². The second-order valence-corrected chi connectivity index (χ2v) is 7.99. The van der Waals surface area contributed by atoms with Gasteiger partial charge in [0, 0.05) is 17.0 Å². The highest BCUT2D eigenvalue weighted by atomic mass is 32.2. The van der Waals surface area contributed by atoms with Crippen molar-refractivity contribution in [1.29, 1.82) is 0 Å². The number of rotatable bonds is 6. The number of ether oxygens (including phenoxy) is 1. The van der Waals surface area contributed by atoms with Gasteiger partial charge in [-0.15, -0.1) is 11.3 Å². The summed E-state index contributed by atoms with van der Waals surface area (Å²) in [6, 6.07) is 7.03. The fourth-order valence-corrected chi connectivity index (χ4v) is 4.72. The minimum Gasteiger partial charge on any atom is -0.497 e. The summed E-state index contributed by atoms with van der Waals surface area (Å²) < 4.78 is 6.76. The molecule has 0 aliphatic rings. The zero-order valence-electron chi connectivity index (χ0n) is 15.2. The molecule has 0 N–H and O–H groups in total. The molecule has 2 aromatic heterocycles. The number of hydrogen-bond acceptors (Lipinski definition) is 6. The highest BCUT2D eigenvalue weighted by Gasteiger charge is 2.17. The first-order chi connectivity index (χ1) is 12.5. The molecule has 0 aliphatic carbocycles. The maximum absolute atomic E-state index is 12.8. The van der Waals surface area contributed by atoms with Crippen LogP contribution in [0, 0.1) is 13.8 Å². The Morgan fingerprint density at radius 2 is 1.96 bits per heavy atom. The lowest BCUT2D eigenvalue weighted by atomic mass is 10.1. The number of methoxy groups -OCH3 is 1. The lowest BCUT2D eigenvalue weighted by Gasteiger charge is -2.10. The Balaban J connectivity index is 1.88. The average molecular weight is 389 g/mol. The van der Waals surface area contributed by atoms with Gasteiger partial charge in [-0.25, -0.2) is 4.98 Å². The molecule has 0 saturated heterocycles. The van der Waals surface area contributed by atoms with E-state index >= 15 is 0 Å². The van der Waals surface area contributed by atoms with Gasteiger partial charge in [-0.2, -0.15) is 0 Å². The third-order valence-corrected chi connectivity index (χ3v) is 6.39. The molecular weight excluding hydrogens is 368 g/mol. The Morgan fingerprint density at radius 3 is 2.58 bits per heavy atom. The van der Waals surface area contributed by atoms with Crippen LogP contribution in [0.25, 0.3) is 10.2 Å². The minimum absolute atomic E-state index is 0.00630. The van der Waals surface area contributed by atoms with Crippen LogP contribution in [0.15, 0.2) is 34.2 Å². The average Bonchev–Trinajstić information content (AvgIpc) is 2.94. The molecule has 26 heavy (non-hydrogen) atoms. The predicted molar refractivity (Wildman–Crippen MR) is 107 cm³/mol. The van der Waals surface area contributed by atoms with Crippen molar-refractivity contribution in [2.45, 2.75) is 32.5 Å². The smallest absolute Gasteiger partial charge is 0.263 e. The second-order valence-electron chi connectivity index (χ2n) is 5.85. The normalized spacial score (nSPS) is 11.1. The largest absolute Gasteiger partial charge is 0.497 e. The standard InChI is InChI=1S/C19H20N2O3S2/c1-5-21-18(23)16-11(2)12(3)26-17(16)20-19(21)25-10-15(22)13-6-8-14(24-4)9-7-13/h6-9H,5,10H2,1-4H3. The molecular formula is C19H20N2O3S2. The number of aromatic nitrogens is 2. The van der Waals surface area contributed by atoms with E-state index in [1.807, 2.05) is 20.8 Å². The molecule has 2 heterocycles. The zero-order chi connectivity index (χ0) is 18.8. The van der Waals surface area contributed by atoms with Crippen LogP contribution in [0.3, 0.4) is 0 Å². The van der Waals surface area contributed by atoms with Crippen LogP contribution >= 0.6 is 23.1 Å². The number of Topliss-reactive ketones (excluding diaryl/α,β-unsaturated/α-hetero) is 1. The fourth-order valence-electron chi connectivity index (χ4n) is 2.69. The van der Waals surface area contributed by atoms with Gasteiger partial charge in [0.25, 0.3) is 5.56 Å². The Hall–Kier alpha value is -2.12. The first-order valence-electron chi connectivity index (χ1n) is 8.26. The van der Waals surface area contributed by atoms with E-state index in [0.717, 1.165) is 15.3 Å². The van der Waals surface area contributed by atoms with E-state index in [2.05, 4.69) is 4.98 Å². The molecule has 3 aromatic rings. The lowest BCUT2D eigenvalue weighted by Crippen LogP contribution is -2.22. The van der Waals surface area contributed by atoms with Crippen molar-refractivity contribution >= 4 is 39.1 Å². The predicted octanol–water partition coefficient (Wildman–Crippen LogP) is 4.08. The van der Waals surface area contributed by atoms with Gasteiger partial charge in [0.05, 0.1) is 18.2 Å². The molecule has 1 aromatic carbocycles. The Bertz CT molecular complexity index is 1020. The van der Waals surface area contributed by atoms with Crippen LogP contribution in [0.2, 0.25) is 0 Å². The number of ketones is 1. The molecule has 5 nitrogen and oxygen atoms in total. The van der Waals surface area contributed by atoms with Gasteiger partial charge in [-0.3, -0.25) is 14.2 Å². The van der Waals surface area contributed by atoms with E-state index in [1.165, 1.54) is 23.1 Å². The first kappa shape index (κ1) is 18.7. The monoisotopic (exact) mass is 388 g/mol. The molecule has 0 saturated carbocycles. The van der Waals surface area contributed by atoms with Crippen molar-refractivity contribution in [3.05, 3.63) is 50.6 Å². The van der Waals surface area contributed by atoms with E-state index in [0.29, 0.717) is 28.4 Å². The quantitative estimate of drug-likeness (QED) is 0.362. The number of thiophene rings is 1. The molecule has 0 atom stereocenters. The summed E-state index contributed by atoms with van der Waals surface area (Å²) in [6.45, 7) is 6.39. The molecule has 0 fully saturated rings. The van der Waals surface area contributed by atoms with Crippen molar-refractivity contribution < 1.29 is 9.53 Å². The van der Waals surface area contributed by atoms with Crippen molar-refractivity contribution in [3.8, 4) is 5.75 Å². The van der Waals surface area contributed by atoms with Crippen molar-refractivity contribution in [2.75, 3.05) is 12.9 Å². The lowest BCUT2D eigenvalue weighted by molar-refractivity contribution is 0.102. The SMILES string of the molecule is CCn1c(SCC(=O)c2ccc(OC)cc2)nc2sc(C)c(C)c2c1=O. The molecule has 0 amide bonds. The number of thioether (sulfide) groups is 1. The Labute approximate surface area is 160 Å². The number of aryl methyl sites for hydroxylation is 2. The highest BCUT2D eigenvalue weighted by molar-refractivity contribution is 7.99. The molecule has 0 radical (unpaired) electrons. The summed E-state index contributed by atoms with van der Waals surface area (Å²) >= 11 is 2.83. The van der Waals surface area contributed by atoms with Gasteiger partial charge >= 0.3 is 0 Å². The summed E-state index contributed by atoms with van der Waals surface area (Å²) in [5.41, 5.74) is 1.59. The van der Waals surface area contributed by atoms with Crippen LogP contribution in [-0.4, -0.2) is 28.2 Å². The van der Waals surface area contributed by atoms with Crippen LogP contribution in [0.1, 0.15) is 27.7 Å². The van der Waals surface area contributed by atoms with Crippen LogP contribution < -0.4 is 10.3 Å². The number of benzene rings is 1. The molecule has 136 valence electrons. The number of hydrogen-bond donors (Lipinski definition) is 0. The number of fused-ring (bicyclic) bond motifs is 1. The fraction of sp³-hybridized carbons (Fsp3) is 0.316. The summed E-state index contributed by atoms with van der Waals surface area (Å²) in [7, 11) is 1.59. The molecule has 0 bridgehead atoms. The van der Waals surface area contributed by atoms with E-state index in [1.54, 1.807) is 35.9 Å². The van der Waals surface area contributed by atoms with Crippen LogP contribution in [-0.2, 0) is 6.54 Å². The summed E-state index contributed by atoms with van der Waals surface area (Å²) in [6.07, 6.45) is 0. The van der Waals surface area contributed by atoms with Crippen molar-refractivity contribution in [1.82, 2.24) is 9.55 Å². The zero-order valence-corrected chi connectivity index (χ0v) is 16.8. The van der Waals surface area contributed by atoms with Crippen LogP contribution in [0.4, 0.5) is 0 Å². The maximum atomic E-state index is 12.8. The van der Waals surface area contributed by atoms with Gasteiger partial charge in [-0.1, -0.05) is 11.8 Å². The van der Waals surface area contributed by atoms with Gasteiger partial charge in [0.1, 0.15) is 10.6 Å². The van der Waals surface area contributed by atoms with E-state index in [4.69, 9.17) is 4.74 Å². The van der Waals surface area contributed by atoms with Crippen LogP contribution in [0.5, 0.6) is 5.75 Å². The third-order valence-electron chi connectivity index (χ3n) is 4.31. The summed E-state index contributed by atoms with van der Waals surface area (Å²) in [5, 5.41) is 1.29. The van der Waals surface area contributed by atoms with Gasteiger partial charge in [0.2, 0.25) is 0 Å². The minimum atomic E-state index is -0.0289. The molecule has 0 unspecified atom stereocenters. The maximum Gasteiger partial charge on any atom is 0.263 e. The Morgan fingerprint density at radius 1 is 1.27 bits per heavy atom. The van der Waals surface area contributed by atoms with Gasteiger partial charge in [-0.05, 0) is 50.6 Å². The third kappa shape index (κ3) is 3.41. The van der Waals surface area contributed by atoms with E-state index in [-0.39, 0.29) is 17.1 Å². The van der Waals surface area contributed by atoms with Gasteiger partial charge < -0.3 is 4.74 Å². The highest BCUT2D eigenvalue weighted by Crippen LogP contribution is 2.28. The van der Waals surface area contributed by atoms with Crippen molar-refractivity contribution in [2.24, 2.45) is 0 Å².